The second-order valence-electron chi connectivity index (χ2n) is 3.80. The van der Waals surface area contributed by atoms with Gasteiger partial charge in [0.15, 0.2) is 0 Å². The van der Waals surface area contributed by atoms with Crippen molar-refractivity contribution in [2.75, 3.05) is 26.2 Å². The zero-order valence-electron chi connectivity index (χ0n) is 8.99. The fraction of sp³-hybridized carbons (Fsp3) is 0.900. The Morgan fingerprint density at radius 3 is 2.57 bits per heavy atom. The third-order valence-electron chi connectivity index (χ3n) is 3.01. The van der Waals surface area contributed by atoms with Crippen LogP contribution in [0.4, 0.5) is 0 Å². The molecule has 0 bridgehead atoms. The van der Waals surface area contributed by atoms with E-state index in [4.69, 9.17) is 5.11 Å². The average Bonchev–Trinajstić information content (AvgIpc) is 2.20. The van der Waals surface area contributed by atoms with E-state index in [0.29, 0.717) is 12.6 Å². The molecule has 0 saturated carbocycles. The smallest absolute Gasteiger partial charge is 0.307 e. The second kappa shape index (κ2) is 5.32. The molecule has 0 aromatic rings. The lowest BCUT2D eigenvalue weighted by Crippen LogP contribution is -2.50. The van der Waals surface area contributed by atoms with E-state index in [9.17, 15) is 4.79 Å². The van der Waals surface area contributed by atoms with Crippen LogP contribution >= 0.6 is 0 Å². The van der Waals surface area contributed by atoms with Gasteiger partial charge < -0.3 is 10.4 Å². The highest BCUT2D eigenvalue weighted by atomic mass is 16.4. The minimum atomic E-state index is -0.672. The monoisotopic (exact) mass is 200 g/mol. The molecular formula is C10H20N2O2. The minimum absolute atomic E-state index is 0.214. The quantitative estimate of drug-likeness (QED) is 0.689. The van der Waals surface area contributed by atoms with Crippen LogP contribution in [0.3, 0.4) is 0 Å². The fourth-order valence-corrected chi connectivity index (χ4v) is 2.13. The first-order valence-electron chi connectivity index (χ1n) is 5.36. The largest absolute Gasteiger partial charge is 0.481 e. The van der Waals surface area contributed by atoms with Crippen LogP contribution in [0.1, 0.15) is 20.3 Å². The summed E-state index contributed by atoms with van der Waals surface area (Å²) < 4.78 is 0. The summed E-state index contributed by atoms with van der Waals surface area (Å²) in [6.45, 7) is 7.77. The van der Waals surface area contributed by atoms with Gasteiger partial charge in [0.1, 0.15) is 0 Å². The van der Waals surface area contributed by atoms with Crippen molar-refractivity contribution in [1.29, 1.82) is 0 Å². The predicted octanol–water partition coefficient (Wildman–Crippen LogP) is 0.391. The number of rotatable bonds is 4. The molecule has 1 fully saturated rings. The second-order valence-corrected chi connectivity index (χ2v) is 3.80. The van der Waals surface area contributed by atoms with E-state index >= 15 is 0 Å². The Bertz CT molecular complexity index is 193. The molecule has 2 atom stereocenters. The maximum Gasteiger partial charge on any atom is 0.307 e. The molecule has 0 spiro atoms. The number of likely N-dealkylation sites (N-methyl/N-ethyl adjacent to an activating group) is 1. The Labute approximate surface area is 85.3 Å². The van der Waals surface area contributed by atoms with Gasteiger partial charge in [0.2, 0.25) is 0 Å². The summed E-state index contributed by atoms with van der Waals surface area (Å²) in [6, 6.07) is 0.389. The van der Waals surface area contributed by atoms with Crippen molar-refractivity contribution in [2.24, 2.45) is 5.92 Å². The molecule has 0 radical (unpaired) electrons. The van der Waals surface area contributed by atoms with E-state index < -0.39 is 5.97 Å². The Balaban J connectivity index is 2.50. The number of hydrogen-bond donors (Lipinski definition) is 2. The maximum absolute atomic E-state index is 10.8. The Hall–Kier alpha value is -0.610. The molecule has 0 aromatic carbocycles. The van der Waals surface area contributed by atoms with Crippen LogP contribution in [0.15, 0.2) is 0 Å². The lowest BCUT2D eigenvalue weighted by atomic mass is 9.95. The normalized spacial score (nSPS) is 27.9. The average molecular weight is 200 g/mol. The molecule has 14 heavy (non-hydrogen) atoms. The van der Waals surface area contributed by atoms with Gasteiger partial charge in [-0.3, -0.25) is 9.69 Å². The molecule has 0 unspecified atom stereocenters. The summed E-state index contributed by atoms with van der Waals surface area (Å²) in [5, 5.41) is 12.1. The van der Waals surface area contributed by atoms with Crippen LogP contribution in [-0.4, -0.2) is 48.2 Å². The van der Waals surface area contributed by atoms with Gasteiger partial charge in [-0.25, -0.2) is 0 Å². The molecule has 82 valence electrons. The molecule has 0 aliphatic carbocycles. The number of hydrogen-bond acceptors (Lipinski definition) is 3. The van der Waals surface area contributed by atoms with Gasteiger partial charge in [0.25, 0.3) is 0 Å². The van der Waals surface area contributed by atoms with Crippen LogP contribution in [0.5, 0.6) is 0 Å². The highest BCUT2D eigenvalue weighted by molar-refractivity contribution is 5.70. The van der Waals surface area contributed by atoms with Gasteiger partial charge in [0, 0.05) is 19.1 Å². The number of piperidine rings is 1. The van der Waals surface area contributed by atoms with E-state index in [1.807, 2.05) is 0 Å². The first-order chi connectivity index (χ1) is 6.69. The summed E-state index contributed by atoms with van der Waals surface area (Å²) in [5.41, 5.74) is 0. The van der Waals surface area contributed by atoms with Crippen LogP contribution in [0.25, 0.3) is 0 Å². The number of nitrogens with zero attached hydrogens (tertiary/aromatic N) is 1. The van der Waals surface area contributed by atoms with Crippen molar-refractivity contribution in [2.45, 2.75) is 26.3 Å². The number of carboxylic acid groups (broad SMARTS) is 1. The number of carboxylic acids is 1. The molecule has 4 heteroatoms. The van der Waals surface area contributed by atoms with Crippen molar-refractivity contribution >= 4 is 5.97 Å². The number of nitrogens with one attached hydrogen (secondary N) is 1. The summed E-state index contributed by atoms with van der Waals surface area (Å²) in [4.78, 5) is 13.2. The molecular weight excluding hydrogens is 180 g/mol. The Morgan fingerprint density at radius 2 is 2.07 bits per heavy atom. The fourth-order valence-electron chi connectivity index (χ4n) is 2.13. The molecule has 2 N–H and O–H groups in total. The van der Waals surface area contributed by atoms with Crippen LogP contribution < -0.4 is 5.32 Å². The zero-order chi connectivity index (χ0) is 10.6. The van der Waals surface area contributed by atoms with Crippen LogP contribution in [0.2, 0.25) is 0 Å². The zero-order valence-corrected chi connectivity index (χ0v) is 8.99. The van der Waals surface area contributed by atoms with Gasteiger partial charge in [0.05, 0.1) is 5.92 Å². The third-order valence-corrected chi connectivity index (χ3v) is 3.01. The van der Waals surface area contributed by atoms with Gasteiger partial charge in [-0.15, -0.1) is 0 Å². The van der Waals surface area contributed by atoms with Crippen molar-refractivity contribution in [1.82, 2.24) is 10.2 Å². The van der Waals surface area contributed by atoms with Crippen molar-refractivity contribution < 1.29 is 9.90 Å². The maximum atomic E-state index is 10.8. The number of aliphatic carboxylic acids is 1. The molecule has 1 heterocycles. The summed E-state index contributed by atoms with van der Waals surface area (Å²) in [6.07, 6.45) is 0.782. The summed E-state index contributed by atoms with van der Waals surface area (Å²) >= 11 is 0. The minimum Gasteiger partial charge on any atom is -0.481 e. The van der Waals surface area contributed by atoms with E-state index in [1.54, 1.807) is 0 Å². The van der Waals surface area contributed by atoms with Crippen LogP contribution in [-0.2, 0) is 4.79 Å². The topological polar surface area (TPSA) is 52.6 Å². The van der Waals surface area contributed by atoms with E-state index in [2.05, 4.69) is 24.1 Å². The molecule has 1 saturated heterocycles. The Morgan fingerprint density at radius 1 is 1.43 bits per heavy atom. The highest BCUT2D eigenvalue weighted by Crippen LogP contribution is 2.15. The molecule has 0 amide bonds. The van der Waals surface area contributed by atoms with Crippen molar-refractivity contribution in [3.63, 3.8) is 0 Å². The van der Waals surface area contributed by atoms with Gasteiger partial charge in [-0.2, -0.15) is 0 Å². The molecule has 1 aliphatic heterocycles. The Kier molecular flexibility index (Phi) is 4.35. The van der Waals surface area contributed by atoms with Crippen molar-refractivity contribution in [3.8, 4) is 0 Å². The lowest BCUT2D eigenvalue weighted by Gasteiger charge is -2.35. The lowest BCUT2D eigenvalue weighted by molar-refractivity contribution is -0.142. The molecule has 1 aliphatic rings. The standard InChI is InChI=1S/C10H20N2O2/c1-3-12(4-2)9-5-8(10(13)14)6-11-7-9/h8-9,11H,3-7H2,1-2H3,(H,13,14)/t8-,9-/m0/s1. The van der Waals surface area contributed by atoms with Gasteiger partial charge in [-0.1, -0.05) is 13.8 Å². The van der Waals surface area contributed by atoms with E-state index in [0.717, 1.165) is 26.1 Å². The third kappa shape index (κ3) is 2.69. The molecule has 1 rings (SSSR count). The van der Waals surface area contributed by atoms with Crippen LogP contribution in [0, 0.1) is 5.92 Å². The summed E-state index contributed by atoms with van der Waals surface area (Å²) in [5.74, 6) is -0.885. The summed E-state index contributed by atoms with van der Waals surface area (Å²) in [7, 11) is 0. The van der Waals surface area contributed by atoms with Gasteiger partial charge >= 0.3 is 5.97 Å². The number of carbonyl (C=O) groups is 1. The SMILES string of the molecule is CCN(CC)[C@@H]1CNC[C@@H](C(=O)O)C1. The first kappa shape index (κ1) is 11.5. The molecule has 0 aromatic heterocycles. The van der Waals surface area contributed by atoms with E-state index in [1.165, 1.54) is 0 Å². The van der Waals surface area contributed by atoms with Gasteiger partial charge in [-0.05, 0) is 19.5 Å². The molecule has 4 nitrogen and oxygen atoms in total. The highest BCUT2D eigenvalue weighted by Gasteiger charge is 2.28. The first-order valence-corrected chi connectivity index (χ1v) is 5.36. The predicted molar refractivity (Wildman–Crippen MR) is 55.3 cm³/mol. The van der Waals surface area contributed by atoms with Crippen molar-refractivity contribution in [3.05, 3.63) is 0 Å². The van der Waals surface area contributed by atoms with E-state index in [-0.39, 0.29) is 5.92 Å².